The smallest absolute Gasteiger partial charge is 0.240 e. The number of nitrogens with one attached hydrogen (secondary N) is 1. The van der Waals surface area contributed by atoms with Gasteiger partial charge in [-0.2, -0.15) is 0 Å². The van der Waals surface area contributed by atoms with Gasteiger partial charge >= 0.3 is 0 Å². The van der Waals surface area contributed by atoms with E-state index >= 15 is 0 Å². The highest BCUT2D eigenvalue weighted by atomic mass is 35.5. The first-order chi connectivity index (χ1) is 9.44. The Balaban J connectivity index is 0.00000220. The number of fused-ring (bicyclic) bond motifs is 1. The van der Waals surface area contributed by atoms with Gasteiger partial charge in [-0.15, -0.1) is 24.2 Å². The molecule has 2 rings (SSSR count). The molecular formula is C15H22ClFN2OS. The summed E-state index contributed by atoms with van der Waals surface area (Å²) >= 11 is 1.70. The average Bonchev–Trinajstić information content (AvgIpc) is 2.39. The van der Waals surface area contributed by atoms with Crippen LogP contribution in [0.1, 0.15) is 44.7 Å². The van der Waals surface area contributed by atoms with Gasteiger partial charge in [0.2, 0.25) is 5.91 Å². The number of carbonyl (C=O) groups excluding carboxylic acids is 1. The highest BCUT2D eigenvalue weighted by Crippen LogP contribution is 2.36. The van der Waals surface area contributed by atoms with E-state index < -0.39 is 5.54 Å². The molecule has 3 nitrogen and oxygen atoms in total. The fourth-order valence-corrected chi connectivity index (χ4v) is 3.58. The molecule has 0 spiro atoms. The van der Waals surface area contributed by atoms with Gasteiger partial charge in [-0.1, -0.05) is 13.3 Å². The van der Waals surface area contributed by atoms with Crippen LogP contribution in [0.2, 0.25) is 0 Å². The van der Waals surface area contributed by atoms with Crippen molar-refractivity contribution in [1.82, 2.24) is 5.32 Å². The van der Waals surface area contributed by atoms with E-state index in [4.69, 9.17) is 5.73 Å². The summed E-state index contributed by atoms with van der Waals surface area (Å²) in [6, 6.07) is 4.61. The Morgan fingerprint density at radius 2 is 2.29 bits per heavy atom. The van der Waals surface area contributed by atoms with Gasteiger partial charge in [0.15, 0.2) is 0 Å². The average molecular weight is 333 g/mol. The molecule has 21 heavy (non-hydrogen) atoms. The predicted octanol–water partition coefficient (Wildman–Crippen LogP) is 3.42. The highest BCUT2D eigenvalue weighted by Gasteiger charge is 2.31. The van der Waals surface area contributed by atoms with Gasteiger partial charge in [0.25, 0.3) is 0 Å². The van der Waals surface area contributed by atoms with Crippen molar-refractivity contribution in [3.05, 3.63) is 29.6 Å². The minimum Gasteiger partial charge on any atom is -0.348 e. The number of benzene rings is 1. The van der Waals surface area contributed by atoms with Crippen molar-refractivity contribution in [2.24, 2.45) is 5.73 Å². The molecule has 0 aliphatic carbocycles. The van der Waals surface area contributed by atoms with Crippen molar-refractivity contribution in [2.75, 3.05) is 5.75 Å². The normalized spacial score (nSPS) is 19.9. The second-order valence-corrected chi connectivity index (χ2v) is 6.65. The van der Waals surface area contributed by atoms with Crippen LogP contribution in [0.5, 0.6) is 0 Å². The minimum atomic E-state index is -0.868. The summed E-state index contributed by atoms with van der Waals surface area (Å²) < 4.78 is 13.4. The molecule has 2 atom stereocenters. The van der Waals surface area contributed by atoms with Crippen molar-refractivity contribution in [3.63, 3.8) is 0 Å². The lowest BCUT2D eigenvalue weighted by Gasteiger charge is -2.30. The van der Waals surface area contributed by atoms with Crippen molar-refractivity contribution >= 4 is 30.1 Å². The summed E-state index contributed by atoms with van der Waals surface area (Å²) in [5, 5.41) is 2.98. The maximum atomic E-state index is 13.4. The first-order valence-corrected chi connectivity index (χ1v) is 7.94. The number of thioether (sulfide) groups is 1. The Kier molecular flexibility index (Phi) is 6.50. The van der Waals surface area contributed by atoms with Gasteiger partial charge in [-0.25, -0.2) is 4.39 Å². The quantitative estimate of drug-likeness (QED) is 0.888. The lowest BCUT2D eigenvalue weighted by atomic mass is 9.95. The summed E-state index contributed by atoms with van der Waals surface area (Å²) in [6.45, 7) is 3.75. The fourth-order valence-electron chi connectivity index (χ4n) is 2.47. The Bertz CT molecular complexity index is 510. The Morgan fingerprint density at radius 1 is 1.57 bits per heavy atom. The number of hydrogen-bond acceptors (Lipinski definition) is 3. The SMILES string of the molecule is CCCC(C)(N)C(=O)NC1CCSc2ccc(F)cc21.Cl. The van der Waals surface area contributed by atoms with Crippen LogP contribution in [0.25, 0.3) is 0 Å². The first kappa shape index (κ1) is 18.3. The number of hydrogen-bond donors (Lipinski definition) is 2. The summed E-state index contributed by atoms with van der Waals surface area (Å²) in [4.78, 5) is 13.3. The Labute approximate surface area is 135 Å². The standard InChI is InChI=1S/C15H21FN2OS.ClH/c1-3-7-15(2,17)14(19)18-12-6-8-20-13-5-4-10(16)9-11(12)13;/h4-5,9,12H,3,6-8,17H2,1-2H3,(H,18,19);1H. The maximum Gasteiger partial charge on any atom is 0.240 e. The molecule has 0 bridgehead atoms. The monoisotopic (exact) mass is 332 g/mol. The van der Waals surface area contributed by atoms with Gasteiger partial charge < -0.3 is 11.1 Å². The molecule has 3 N–H and O–H groups in total. The van der Waals surface area contributed by atoms with E-state index in [2.05, 4.69) is 5.32 Å². The number of amides is 1. The van der Waals surface area contributed by atoms with Gasteiger partial charge in [0, 0.05) is 10.6 Å². The molecular weight excluding hydrogens is 311 g/mol. The molecule has 1 heterocycles. The third-order valence-corrected chi connectivity index (χ3v) is 4.73. The predicted molar refractivity (Wildman–Crippen MR) is 87.4 cm³/mol. The number of rotatable bonds is 4. The van der Waals surface area contributed by atoms with Crippen LogP contribution in [-0.4, -0.2) is 17.2 Å². The van der Waals surface area contributed by atoms with E-state index in [1.807, 2.05) is 6.92 Å². The van der Waals surface area contributed by atoms with Crippen molar-refractivity contribution in [3.8, 4) is 0 Å². The molecule has 1 aliphatic heterocycles. The van der Waals surface area contributed by atoms with Gasteiger partial charge in [0.05, 0.1) is 11.6 Å². The van der Waals surface area contributed by atoms with E-state index in [0.29, 0.717) is 6.42 Å². The van der Waals surface area contributed by atoms with Crippen LogP contribution < -0.4 is 11.1 Å². The van der Waals surface area contributed by atoms with Crippen LogP contribution in [-0.2, 0) is 4.79 Å². The Morgan fingerprint density at radius 3 is 2.95 bits per heavy atom. The molecule has 0 saturated heterocycles. The zero-order chi connectivity index (χ0) is 14.8. The third kappa shape index (κ3) is 4.34. The molecule has 118 valence electrons. The van der Waals surface area contributed by atoms with Gasteiger partial charge in [-0.3, -0.25) is 4.79 Å². The second kappa shape index (κ2) is 7.47. The van der Waals surface area contributed by atoms with Crippen molar-refractivity contribution in [2.45, 2.75) is 49.6 Å². The molecule has 0 radical (unpaired) electrons. The second-order valence-electron chi connectivity index (χ2n) is 5.51. The zero-order valence-electron chi connectivity index (χ0n) is 12.3. The van der Waals surface area contributed by atoms with Crippen LogP contribution in [0.4, 0.5) is 4.39 Å². The van der Waals surface area contributed by atoms with E-state index in [1.165, 1.54) is 12.1 Å². The van der Waals surface area contributed by atoms with Gasteiger partial charge in [-0.05, 0) is 43.5 Å². The molecule has 0 saturated carbocycles. The molecule has 1 aliphatic rings. The summed E-state index contributed by atoms with van der Waals surface area (Å²) in [5.41, 5.74) is 6.04. The summed E-state index contributed by atoms with van der Waals surface area (Å²) in [6.07, 6.45) is 2.29. The number of nitrogens with two attached hydrogens (primary N) is 1. The first-order valence-electron chi connectivity index (χ1n) is 6.96. The topological polar surface area (TPSA) is 55.1 Å². The highest BCUT2D eigenvalue weighted by molar-refractivity contribution is 7.99. The minimum absolute atomic E-state index is 0. The van der Waals surface area contributed by atoms with Crippen molar-refractivity contribution < 1.29 is 9.18 Å². The van der Waals surface area contributed by atoms with Gasteiger partial charge in [0.1, 0.15) is 5.82 Å². The summed E-state index contributed by atoms with van der Waals surface area (Å²) in [7, 11) is 0. The molecule has 0 fully saturated rings. The van der Waals surface area contributed by atoms with Crippen molar-refractivity contribution in [1.29, 1.82) is 0 Å². The van der Waals surface area contributed by atoms with E-state index in [1.54, 1.807) is 24.8 Å². The zero-order valence-corrected chi connectivity index (χ0v) is 14.0. The molecule has 1 aromatic carbocycles. The van der Waals surface area contributed by atoms with Crippen LogP contribution in [0.3, 0.4) is 0 Å². The van der Waals surface area contributed by atoms with E-state index in [-0.39, 0.29) is 30.2 Å². The fraction of sp³-hybridized carbons (Fsp3) is 0.533. The molecule has 6 heteroatoms. The van der Waals surface area contributed by atoms with Crippen LogP contribution in [0, 0.1) is 5.82 Å². The largest absolute Gasteiger partial charge is 0.348 e. The number of halogens is 2. The Hall–Kier alpha value is -0.780. The van der Waals surface area contributed by atoms with E-state index in [0.717, 1.165) is 29.1 Å². The number of carbonyl (C=O) groups is 1. The maximum absolute atomic E-state index is 13.4. The lowest BCUT2D eigenvalue weighted by molar-refractivity contribution is -0.126. The molecule has 1 aromatic rings. The molecule has 0 aromatic heterocycles. The van der Waals surface area contributed by atoms with Crippen LogP contribution >= 0.6 is 24.2 Å². The third-order valence-electron chi connectivity index (χ3n) is 3.60. The van der Waals surface area contributed by atoms with Crippen LogP contribution in [0.15, 0.2) is 23.1 Å². The van der Waals surface area contributed by atoms with E-state index in [9.17, 15) is 9.18 Å². The summed E-state index contributed by atoms with van der Waals surface area (Å²) in [5.74, 6) is 0.486. The molecule has 2 unspecified atom stereocenters. The molecule has 1 amide bonds. The lowest BCUT2D eigenvalue weighted by Crippen LogP contribution is -2.52.